The van der Waals surface area contributed by atoms with Crippen LogP contribution in [0.2, 0.25) is 0 Å². The molecule has 152 valence electrons. The summed E-state index contributed by atoms with van der Waals surface area (Å²) in [6, 6.07) is 0. The van der Waals surface area contributed by atoms with Gasteiger partial charge in [0, 0.05) is 0 Å². The zero-order valence-electron chi connectivity index (χ0n) is 20.3. The summed E-state index contributed by atoms with van der Waals surface area (Å²) in [5.41, 5.74) is 9.27. The first-order valence-electron chi connectivity index (χ1n) is 11.4. The molecule has 2 unspecified atom stereocenters. The zero-order valence-corrected chi connectivity index (χ0v) is 20.3. The number of hydrogen-bond acceptors (Lipinski definition) is 0. The fraction of sp³-hybridized carbons (Fsp3) is 0.852. The molecule has 0 radical (unpaired) electrons. The molecule has 2 fully saturated rings. The molecule has 0 N–H and O–H groups in total. The fourth-order valence-electron chi connectivity index (χ4n) is 10.2. The molecule has 4 rings (SSSR count). The summed E-state index contributed by atoms with van der Waals surface area (Å²) in [6.45, 7) is 30.7. The largest absolute Gasteiger partial charge is 0.0593 e. The van der Waals surface area contributed by atoms with Gasteiger partial charge in [0.25, 0.3) is 0 Å². The van der Waals surface area contributed by atoms with Gasteiger partial charge in [-0.15, -0.1) is 0 Å². The molecule has 0 spiro atoms. The Kier molecular flexibility index (Phi) is 3.51. The second-order valence-electron chi connectivity index (χ2n) is 14.7. The summed E-state index contributed by atoms with van der Waals surface area (Å²) in [7, 11) is 0. The van der Waals surface area contributed by atoms with Gasteiger partial charge in [-0.2, -0.15) is 0 Å². The molecule has 0 heteroatoms. The maximum Gasteiger partial charge on any atom is -0.00528 e. The molecule has 27 heavy (non-hydrogen) atoms. The molecule has 0 aromatic heterocycles. The van der Waals surface area contributed by atoms with E-state index in [-0.39, 0.29) is 0 Å². The standard InChI is InChI=1S/C27H44/c1-22(2)13-24(5,6)20-16-17-19(18(16)22)23(3,4)14-25(7,8)21(17)27(11,12)15-26(20,9)10/h20-21H,13-15H2,1-12H3. The van der Waals surface area contributed by atoms with Crippen molar-refractivity contribution in [3.63, 3.8) is 0 Å². The van der Waals surface area contributed by atoms with Crippen molar-refractivity contribution in [2.24, 2.45) is 44.3 Å². The minimum absolute atomic E-state index is 0.308. The molecule has 0 aliphatic heterocycles. The van der Waals surface area contributed by atoms with Crippen LogP contribution in [-0.4, -0.2) is 0 Å². The van der Waals surface area contributed by atoms with Gasteiger partial charge < -0.3 is 0 Å². The zero-order chi connectivity index (χ0) is 20.6. The lowest BCUT2D eigenvalue weighted by Gasteiger charge is -2.64. The van der Waals surface area contributed by atoms with E-state index in [2.05, 4.69) is 83.1 Å². The molecule has 0 nitrogen and oxygen atoms in total. The van der Waals surface area contributed by atoms with Gasteiger partial charge in [-0.1, -0.05) is 83.1 Å². The van der Waals surface area contributed by atoms with Crippen LogP contribution in [-0.2, 0) is 0 Å². The summed E-state index contributed by atoms with van der Waals surface area (Å²) in [5, 5.41) is 0. The van der Waals surface area contributed by atoms with Gasteiger partial charge >= 0.3 is 0 Å². The third-order valence-electron chi connectivity index (χ3n) is 8.84. The predicted octanol–water partition coefficient (Wildman–Crippen LogP) is 8.19. The predicted molar refractivity (Wildman–Crippen MR) is 118 cm³/mol. The molecule has 2 saturated carbocycles. The molecule has 0 bridgehead atoms. The van der Waals surface area contributed by atoms with Gasteiger partial charge in [0.05, 0.1) is 0 Å². The Labute approximate surface area is 169 Å². The van der Waals surface area contributed by atoms with E-state index in [0.717, 1.165) is 0 Å². The Hall–Kier alpha value is -0.520. The monoisotopic (exact) mass is 368 g/mol. The average Bonchev–Trinajstić information content (AvgIpc) is 2.36. The molecular formula is C27H44. The van der Waals surface area contributed by atoms with E-state index < -0.39 is 0 Å². The molecule has 0 aromatic carbocycles. The Bertz CT molecular complexity index is 709. The third-order valence-corrected chi connectivity index (χ3v) is 8.84. The minimum Gasteiger partial charge on any atom is -0.0593 e. The number of allylic oxidation sites excluding steroid dienone is 4. The van der Waals surface area contributed by atoms with Crippen molar-refractivity contribution >= 4 is 0 Å². The Balaban J connectivity index is 2.08. The first-order valence-corrected chi connectivity index (χ1v) is 11.4. The highest BCUT2D eigenvalue weighted by atomic mass is 14.7. The van der Waals surface area contributed by atoms with Gasteiger partial charge in [0.15, 0.2) is 0 Å². The van der Waals surface area contributed by atoms with E-state index in [0.29, 0.717) is 44.3 Å². The minimum atomic E-state index is 0.308. The third kappa shape index (κ3) is 2.34. The number of rotatable bonds is 0. The van der Waals surface area contributed by atoms with Crippen molar-refractivity contribution in [2.45, 2.75) is 102 Å². The van der Waals surface area contributed by atoms with Crippen molar-refractivity contribution in [1.29, 1.82) is 0 Å². The van der Waals surface area contributed by atoms with Crippen LogP contribution in [0.25, 0.3) is 0 Å². The van der Waals surface area contributed by atoms with Crippen LogP contribution >= 0.6 is 0 Å². The van der Waals surface area contributed by atoms with Gasteiger partial charge in [-0.05, 0) is 85.9 Å². The summed E-state index contributed by atoms with van der Waals surface area (Å²) < 4.78 is 0. The maximum absolute atomic E-state index is 2.58. The highest BCUT2D eigenvalue weighted by Gasteiger charge is 2.66. The lowest BCUT2D eigenvalue weighted by atomic mass is 9.40. The Morgan fingerprint density at radius 3 is 1.00 bits per heavy atom. The van der Waals surface area contributed by atoms with Crippen LogP contribution in [0.4, 0.5) is 0 Å². The topological polar surface area (TPSA) is 0 Å². The van der Waals surface area contributed by atoms with E-state index in [1.165, 1.54) is 19.3 Å². The summed E-state index contributed by atoms with van der Waals surface area (Å²) >= 11 is 0. The summed E-state index contributed by atoms with van der Waals surface area (Å²) in [6.07, 6.45) is 3.96. The Morgan fingerprint density at radius 2 is 0.704 bits per heavy atom. The quantitative estimate of drug-likeness (QED) is 0.404. The van der Waals surface area contributed by atoms with Crippen LogP contribution in [0.1, 0.15) is 102 Å². The van der Waals surface area contributed by atoms with E-state index >= 15 is 0 Å². The van der Waals surface area contributed by atoms with E-state index in [1.54, 1.807) is 11.1 Å². The van der Waals surface area contributed by atoms with Crippen LogP contribution in [0.5, 0.6) is 0 Å². The molecule has 0 heterocycles. The van der Waals surface area contributed by atoms with E-state index in [4.69, 9.17) is 0 Å². The molecular weight excluding hydrogens is 324 g/mol. The van der Waals surface area contributed by atoms with Crippen LogP contribution in [0.3, 0.4) is 0 Å². The van der Waals surface area contributed by atoms with Crippen molar-refractivity contribution < 1.29 is 0 Å². The first-order chi connectivity index (χ1) is 11.9. The van der Waals surface area contributed by atoms with Crippen LogP contribution in [0, 0.1) is 44.3 Å². The second-order valence-corrected chi connectivity index (χ2v) is 14.7. The van der Waals surface area contributed by atoms with Crippen LogP contribution < -0.4 is 0 Å². The van der Waals surface area contributed by atoms with Gasteiger partial charge in [0.1, 0.15) is 0 Å². The lowest BCUT2D eigenvalue weighted by Crippen LogP contribution is -2.53. The van der Waals surface area contributed by atoms with Gasteiger partial charge in [-0.3, -0.25) is 0 Å². The second kappa shape index (κ2) is 4.79. The van der Waals surface area contributed by atoms with Crippen molar-refractivity contribution in [1.82, 2.24) is 0 Å². The van der Waals surface area contributed by atoms with Gasteiger partial charge in [-0.25, -0.2) is 0 Å². The highest BCUT2D eigenvalue weighted by Crippen LogP contribution is 2.76. The Morgan fingerprint density at radius 1 is 0.444 bits per heavy atom. The van der Waals surface area contributed by atoms with Crippen molar-refractivity contribution in [3.05, 3.63) is 22.3 Å². The molecule has 2 atom stereocenters. The molecule has 0 amide bonds. The van der Waals surface area contributed by atoms with Crippen LogP contribution in [0.15, 0.2) is 22.3 Å². The van der Waals surface area contributed by atoms with E-state index in [1.807, 2.05) is 11.1 Å². The molecule has 4 aliphatic rings. The lowest BCUT2D eigenvalue weighted by molar-refractivity contribution is 0.00266. The SMILES string of the molecule is CC1(C)CC(C)(C)C2C3=C4C(=C31)C(C)(C)CC(C)(C)C4C(C)(C)CC2(C)C. The highest BCUT2D eigenvalue weighted by molar-refractivity contribution is 5.69. The van der Waals surface area contributed by atoms with Gasteiger partial charge in [0.2, 0.25) is 0 Å². The molecule has 0 saturated heterocycles. The average molecular weight is 369 g/mol. The van der Waals surface area contributed by atoms with Crippen molar-refractivity contribution in [2.75, 3.05) is 0 Å². The smallest absolute Gasteiger partial charge is 0.00528 e. The summed E-state index contributed by atoms with van der Waals surface area (Å²) in [4.78, 5) is 0. The number of hydrogen-bond donors (Lipinski definition) is 0. The fourth-order valence-corrected chi connectivity index (χ4v) is 10.2. The van der Waals surface area contributed by atoms with E-state index in [9.17, 15) is 0 Å². The molecule has 0 aromatic rings. The normalized spacial score (nSPS) is 38.7. The maximum atomic E-state index is 2.58. The first kappa shape index (κ1) is 19.8. The van der Waals surface area contributed by atoms with Crippen molar-refractivity contribution in [3.8, 4) is 0 Å². The summed E-state index contributed by atoms with van der Waals surface area (Å²) in [5.74, 6) is 1.39. The molecule has 4 aliphatic carbocycles.